The first kappa shape index (κ1) is 12.9. The molecule has 2 N–H and O–H groups in total. The third-order valence-electron chi connectivity index (χ3n) is 1.94. The van der Waals surface area contributed by atoms with Gasteiger partial charge in [-0.05, 0) is 24.6 Å². The minimum atomic E-state index is -4.05. The van der Waals surface area contributed by atoms with Crippen molar-refractivity contribution in [3.05, 3.63) is 29.1 Å². The van der Waals surface area contributed by atoms with E-state index in [1.807, 2.05) is 0 Å². The van der Waals surface area contributed by atoms with Crippen molar-refractivity contribution in [2.75, 3.05) is 7.11 Å². The van der Waals surface area contributed by atoms with Crippen LogP contribution in [0.3, 0.4) is 0 Å². The van der Waals surface area contributed by atoms with Crippen LogP contribution >= 0.6 is 0 Å². The van der Waals surface area contributed by atoms with Crippen LogP contribution in [0.1, 0.15) is 11.1 Å². The second-order valence-electron chi connectivity index (χ2n) is 3.17. The molecule has 0 amide bonds. The molecule has 1 aromatic rings. The zero-order valence-corrected chi connectivity index (χ0v) is 9.67. The lowest BCUT2D eigenvalue weighted by molar-refractivity contribution is 0.299. The Morgan fingerprint density at radius 1 is 1.44 bits per heavy atom. The van der Waals surface area contributed by atoms with Crippen molar-refractivity contribution < 1.29 is 21.7 Å². The molecule has 0 saturated carbocycles. The van der Waals surface area contributed by atoms with Crippen LogP contribution < -0.4 is 9.88 Å². The predicted octanol–water partition coefficient (Wildman–Crippen LogP) is 0.863. The predicted molar refractivity (Wildman–Crippen MR) is 55.6 cm³/mol. The molecular formula is C9H12FNO4S. The number of nitrogens with two attached hydrogens (primary N) is 1. The van der Waals surface area contributed by atoms with Crippen LogP contribution in [-0.4, -0.2) is 15.5 Å². The first-order chi connectivity index (χ1) is 7.33. The third kappa shape index (κ3) is 3.44. The molecule has 0 fully saturated rings. The summed E-state index contributed by atoms with van der Waals surface area (Å²) in [5, 5.41) is 4.66. The molecule has 1 aromatic carbocycles. The highest BCUT2D eigenvalue weighted by atomic mass is 32.2. The second-order valence-corrected chi connectivity index (χ2v) is 4.39. The molecule has 1 rings (SSSR count). The van der Waals surface area contributed by atoms with Gasteiger partial charge in [-0.25, -0.2) is 9.53 Å². The summed E-state index contributed by atoms with van der Waals surface area (Å²) in [4.78, 5) is 0. The molecule has 0 aliphatic rings. The van der Waals surface area contributed by atoms with Gasteiger partial charge in [-0.3, -0.25) is 4.18 Å². The maximum absolute atomic E-state index is 13.2. The van der Waals surface area contributed by atoms with E-state index < -0.39 is 16.1 Å². The normalized spacial score (nSPS) is 11.5. The highest BCUT2D eigenvalue weighted by molar-refractivity contribution is 7.84. The maximum atomic E-state index is 13.2. The average Bonchev–Trinajstić information content (AvgIpc) is 2.18. The molecule has 0 spiro atoms. The number of benzene rings is 1. The first-order valence-corrected chi connectivity index (χ1v) is 5.81. The van der Waals surface area contributed by atoms with E-state index in [1.165, 1.54) is 13.2 Å². The van der Waals surface area contributed by atoms with Gasteiger partial charge in [0.05, 0.1) is 13.7 Å². The van der Waals surface area contributed by atoms with Gasteiger partial charge in [0.25, 0.3) is 0 Å². The molecule has 0 unspecified atom stereocenters. The van der Waals surface area contributed by atoms with E-state index in [4.69, 9.17) is 4.74 Å². The maximum Gasteiger partial charge on any atom is 0.333 e. The van der Waals surface area contributed by atoms with Gasteiger partial charge in [0.1, 0.15) is 11.6 Å². The molecule has 0 saturated heterocycles. The molecule has 5 nitrogen and oxygen atoms in total. The molecule has 0 heterocycles. The average molecular weight is 249 g/mol. The van der Waals surface area contributed by atoms with Gasteiger partial charge in [0.15, 0.2) is 0 Å². The standard InChI is InChI=1S/C9H12FNO4S/c1-6-3-9(14-2)7(4-8(6)10)5-15-16(11,12)13/h3-4H,5H2,1-2H3,(H2,11,12,13). The van der Waals surface area contributed by atoms with Gasteiger partial charge < -0.3 is 4.74 Å². The first-order valence-electron chi connectivity index (χ1n) is 4.33. The summed E-state index contributed by atoms with van der Waals surface area (Å²) in [6.07, 6.45) is 0. The zero-order valence-electron chi connectivity index (χ0n) is 8.86. The van der Waals surface area contributed by atoms with E-state index in [-0.39, 0.29) is 12.2 Å². The molecule has 0 radical (unpaired) electrons. The Kier molecular flexibility index (Phi) is 3.84. The smallest absolute Gasteiger partial charge is 0.333 e. The van der Waals surface area contributed by atoms with Gasteiger partial charge in [0, 0.05) is 5.56 Å². The van der Waals surface area contributed by atoms with E-state index in [0.717, 1.165) is 6.07 Å². The Labute approximate surface area is 93.2 Å². The van der Waals surface area contributed by atoms with Crippen LogP contribution in [0.2, 0.25) is 0 Å². The summed E-state index contributed by atoms with van der Waals surface area (Å²) < 4.78 is 43.7. The van der Waals surface area contributed by atoms with E-state index in [0.29, 0.717) is 11.3 Å². The molecular weight excluding hydrogens is 237 g/mol. The van der Waals surface area contributed by atoms with Crippen LogP contribution in [0.15, 0.2) is 12.1 Å². The van der Waals surface area contributed by atoms with E-state index in [2.05, 4.69) is 9.32 Å². The van der Waals surface area contributed by atoms with Crippen LogP contribution in [0.25, 0.3) is 0 Å². The monoisotopic (exact) mass is 249 g/mol. The molecule has 16 heavy (non-hydrogen) atoms. The van der Waals surface area contributed by atoms with E-state index in [1.54, 1.807) is 6.92 Å². The molecule has 7 heteroatoms. The van der Waals surface area contributed by atoms with Gasteiger partial charge in [-0.1, -0.05) is 0 Å². The van der Waals surface area contributed by atoms with Crippen molar-refractivity contribution in [2.24, 2.45) is 5.14 Å². The highest BCUT2D eigenvalue weighted by Crippen LogP contribution is 2.23. The molecule has 90 valence electrons. The number of ether oxygens (including phenoxy) is 1. The van der Waals surface area contributed by atoms with Crippen molar-refractivity contribution in [1.82, 2.24) is 0 Å². The Morgan fingerprint density at radius 2 is 2.06 bits per heavy atom. The Hall–Kier alpha value is -1.18. The molecule has 0 aliphatic heterocycles. The van der Waals surface area contributed by atoms with Crippen molar-refractivity contribution in [3.63, 3.8) is 0 Å². The van der Waals surface area contributed by atoms with Crippen LogP contribution in [0.5, 0.6) is 5.75 Å². The fourth-order valence-electron chi connectivity index (χ4n) is 1.14. The van der Waals surface area contributed by atoms with Crippen molar-refractivity contribution in [3.8, 4) is 5.75 Å². The molecule has 0 aromatic heterocycles. The number of hydrogen-bond acceptors (Lipinski definition) is 4. The zero-order chi connectivity index (χ0) is 12.3. The number of aryl methyl sites for hydroxylation is 1. The van der Waals surface area contributed by atoms with Gasteiger partial charge in [0.2, 0.25) is 0 Å². The van der Waals surface area contributed by atoms with Gasteiger partial charge in [-0.2, -0.15) is 8.42 Å². The lowest BCUT2D eigenvalue weighted by atomic mass is 10.1. The van der Waals surface area contributed by atoms with Crippen LogP contribution in [0, 0.1) is 12.7 Å². The summed E-state index contributed by atoms with van der Waals surface area (Å²) in [5.74, 6) is -0.114. The fraction of sp³-hybridized carbons (Fsp3) is 0.333. The summed E-state index contributed by atoms with van der Waals surface area (Å²) in [6, 6.07) is 2.61. The largest absolute Gasteiger partial charge is 0.496 e. The Balaban J connectivity index is 2.99. The minimum Gasteiger partial charge on any atom is -0.496 e. The topological polar surface area (TPSA) is 78.6 Å². The lowest BCUT2D eigenvalue weighted by Crippen LogP contribution is -2.15. The van der Waals surface area contributed by atoms with Crippen molar-refractivity contribution in [1.29, 1.82) is 0 Å². The number of halogens is 1. The van der Waals surface area contributed by atoms with Gasteiger partial charge >= 0.3 is 10.3 Å². The van der Waals surface area contributed by atoms with E-state index >= 15 is 0 Å². The summed E-state index contributed by atoms with van der Waals surface area (Å²) in [5.41, 5.74) is 0.677. The minimum absolute atomic E-state index is 0.277. The van der Waals surface area contributed by atoms with E-state index in [9.17, 15) is 12.8 Å². The second kappa shape index (κ2) is 4.77. The Bertz CT molecular complexity index is 487. The van der Waals surface area contributed by atoms with Crippen molar-refractivity contribution in [2.45, 2.75) is 13.5 Å². The van der Waals surface area contributed by atoms with Gasteiger partial charge in [-0.15, -0.1) is 0 Å². The Morgan fingerprint density at radius 3 is 2.56 bits per heavy atom. The molecule has 0 bridgehead atoms. The quantitative estimate of drug-likeness (QED) is 0.858. The fourth-order valence-corrected chi connectivity index (χ4v) is 1.44. The number of rotatable bonds is 4. The summed E-state index contributed by atoms with van der Waals surface area (Å²) in [6.45, 7) is 1.21. The van der Waals surface area contributed by atoms with Crippen molar-refractivity contribution >= 4 is 10.3 Å². The highest BCUT2D eigenvalue weighted by Gasteiger charge is 2.11. The number of hydrogen-bond donors (Lipinski definition) is 1. The SMILES string of the molecule is COc1cc(C)c(F)cc1COS(N)(=O)=O. The summed E-state index contributed by atoms with van der Waals surface area (Å²) in [7, 11) is -2.65. The van der Waals surface area contributed by atoms with Crippen LogP contribution in [0.4, 0.5) is 4.39 Å². The molecule has 0 atom stereocenters. The lowest BCUT2D eigenvalue weighted by Gasteiger charge is -2.09. The summed E-state index contributed by atoms with van der Waals surface area (Å²) >= 11 is 0. The molecule has 0 aliphatic carbocycles. The third-order valence-corrected chi connectivity index (χ3v) is 2.39. The number of methoxy groups -OCH3 is 1. The van der Waals surface area contributed by atoms with Crippen LogP contribution in [-0.2, 0) is 21.1 Å².